The summed E-state index contributed by atoms with van der Waals surface area (Å²) in [5.41, 5.74) is 4.69. The van der Waals surface area contributed by atoms with Gasteiger partial charge >= 0.3 is 0 Å². The third-order valence-corrected chi connectivity index (χ3v) is 2.94. The molecule has 1 saturated carbocycles. The van der Waals surface area contributed by atoms with E-state index in [0.717, 1.165) is 12.3 Å². The Morgan fingerprint density at radius 1 is 1.15 bits per heavy atom. The van der Waals surface area contributed by atoms with Crippen LogP contribution in [-0.4, -0.2) is 11.7 Å². The minimum absolute atomic E-state index is 0.0509. The molecule has 0 bridgehead atoms. The van der Waals surface area contributed by atoms with Crippen LogP contribution in [0.25, 0.3) is 0 Å². The fraction of sp³-hybridized carbons (Fsp3) is 0.750. The molecule has 1 amide bonds. The molecular formula is C16H30FNO2. The molecule has 0 heterocycles. The fourth-order valence-corrected chi connectivity index (χ4v) is 2.06. The van der Waals surface area contributed by atoms with Gasteiger partial charge in [0, 0.05) is 19.3 Å². The molecule has 4 heteroatoms. The van der Waals surface area contributed by atoms with Crippen molar-refractivity contribution in [3.05, 3.63) is 12.4 Å². The van der Waals surface area contributed by atoms with Crippen LogP contribution in [0.1, 0.15) is 72.1 Å². The summed E-state index contributed by atoms with van der Waals surface area (Å²) in [5, 5.41) is 0. The molecule has 0 spiro atoms. The molecule has 2 N–H and O–H groups in total. The normalized spacial score (nSPS) is 14.2. The van der Waals surface area contributed by atoms with Gasteiger partial charge in [-0.25, -0.2) is 4.39 Å². The minimum Gasteiger partial charge on any atom is -0.370 e. The first kappa shape index (κ1) is 21.1. The van der Waals surface area contributed by atoms with Gasteiger partial charge in [-0.05, 0) is 12.8 Å². The van der Waals surface area contributed by atoms with Crippen molar-refractivity contribution in [2.45, 2.75) is 72.1 Å². The number of Topliss-reactive ketones (excluding diaryl/α,β-unsaturated/α-hetero) is 1. The molecular weight excluding hydrogens is 257 g/mol. The lowest BCUT2D eigenvalue weighted by atomic mass is 9.86. The first-order chi connectivity index (χ1) is 9.41. The van der Waals surface area contributed by atoms with Crippen LogP contribution in [0.4, 0.5) is 4.39 Å². The molecule has 0 aromatic carbocycles. The van der Waals surface area contributed by atoms with Gasteiger partial charge in [-0.1, -0.05) is 52.5 Å². The second kappa shape index (κ2) is 14.2. The van der Waals surface area contributed by atoms with Crippen LogP contribution in [0.15, 0.2) is 12.4 Å². The fourth-order valence-electron chi connectivity index (χ4n) is 2.06. The van der Waals surface area contributed by atoms with E-state index in [-0.39, 0.29) is 12.8 Å². The zero-order valence-corrected chi connectivity index (χ0v) is 13.2. The van der Waals surface area contributed by atoms with Gasteiger partial charge in [-0.2, -0.15) is 0 Å². The Hall–Kier alpha value is -1.19. The Bertz CT molecular complexity index is 270. The number of amides is 1. The van der Waals surface area contributed by atoms with Gasteiger partial charge in [0.05, 0.1) is 5.83 Å². The Morgan fingerprint density at radius 3 is 1.95 bits per heavy atom. The number of ketones is 1. The highest BCUT2D eigenvalue weighted by Gasteiger charge is 2.14. The molecule has 0 atom stereocenters. The predicted molar refractivity (Wildman–Crippen MR) is 81.9 cm³/mol. The zero-order chi connectivity index (χ0) is 16.0. The van der Waals surface area contributed by atoms with E-state index in [0.29, 0.717) is 5.78 Å². The molecule has 1 rings (SSSR count). The standard InChI is InChI=1S/C9H16O.C5H8FNO.C2H6/c1-8(10)7-9-5-3-2-4-6-9;1-4(6)2-3-5(7)8;1-2/h9H,2-7H2,1H3;1-3H2,(H2,7,8);1-2H3. The van der Waals surface area contributed by atoms with E-state index in [2.05, 4.69) is 6.58 Å². The number of nitrogens with two attached hydrogens (primary N) is 1. The summed E-state index contributed by atoms with van der Waals surface area (Å²) >= 11 is 0. The Morgan fingerprint density at radius 2 is 1.65 bits per heavy atom. The largest absolute Gasteiger partial charge is 0.370 e. The van der Waals surface area contributed by atoms with Gasteiger partial charge < -0.3 is 10.5 Å². The molecule has 3 nitrogen and oxygen atoms in total. The molecule has 0 aromatic rings. The van der Waals surface area contributed by atoms with Crippen molar-refractivity contribution < 1.29 is 14.0 Å². The Labute approximate surface area is 122 Å². The van der Waals surface area contributed by atoms with Crippen LogP contribution >= 0.6 is 0 Å². The first-order valence-corrected chi connectivity index (χ1v) is 7.52. The second-order valence-corrected chi connectivity index (χ2v) is 4.89. The number of carbonyl (C=O) groups is 2. The average molecular weight is 287 g/mol. The molecule has 1 aliphatic rings. The average Bonchev–Trinajstić information content (AvgIpc) is 2.40. The van der Waals surface area contributed by atoms with E-state index in [1.807, 2.05) is 13.8 Å². The number of hydrogen-bond donors (Lipinski definition) is 1. The van der Waals surface area contributed by atoms with Crippen LogP contribution in [0.3, 0.4) is 0 Å². The van der Waals surface area contributed by atoms with Gasteiger partial charge in [0.1, 0.15) is 5.78 Å². The second-order valence-electron chi connectivity index (χ2n) is 4.89. The summed E-state index contributed by atoms with van der Waals surface area (Å²) in [4.78, 5) is 20.6. The van der Waals surface area contributed by atoms with Crippen molar-refractivity contribution in [3.8, 4) is 0 Å². The number of carbonyl (C=O) groups excluding carboxylic acids is 2. The van der Waals surface area contributed by atoms with Gasteiger partial charge in [0.15, 0.2) is 0 Å². The summed E-state index contributed by atoms with van der Waals surface area (Å²) in [6.07, 6.45) is 7.59. The number of primary amides is 1. The molecule has 118 valence electrons. The third-order valence-electron chi connectivity index (χ3n) is 2.94. The molecule has 0 unspecified atom stereocenters. The van der Waals surface area contributed by atoms with Gasteiger partial charge in [-0.15, -0.1) is 0 Å². The molecule has 1 aliphatic carbocycles. The summed E-state index contributed by atoms with van der Waals surface area (Å²) in [6.45, 7) is 8.66. The number of halogens is 1. The van der Waals surface area contributed by atoms with E-state index < -0.39 is 11.7 Å². The predicted octanol–water partition coefficient (Wildman–Crippen LogP) is 4.31. The maximum Gasteiger partial charge on any atom is 0.217 e. The molecule has 1 fully saturated rings. The van der Waals surface area contributed by atoms with E-state index >= 15 is 0 Å². The van der Waals surface area contributed by atoms with Gasteiger partial charge in [0.2, 0.25) is 5.91 Å². The molecule has 0 aliphatic heterocycles. The van der Waals surface area contributed by atoms with Crippen LogP contribution < -0.4 is 5.73 Å². The molecule has 0 aromatic heterocycles. The minimum atomic E-state index is -0.496. The highest BCUT2D eigenvalue weighted by atomic mass is 19.1. The van der Waals surface area contributed by atoms with Crippen molar-refractivity contribution in [2.75, 3.05) is 0 Å². The maximum atomic E-state index is 11.7. The lowest BCUT2D eigenvalue weighted by Crippen LogP contribution is -2.09. The first-order valence-electron chi connectivity index (χ1n) is 7.52. The van der Waals surface area contributed by atoms with Crippen LogP contribution in [-0.2, 0) is 9.59 Å². The third kappa shape index (κ3) is 16.8. The number of hydrogen-bond acceptors (Lipinski definition) is 2. The highest BCUT2D eigenvalue weighted by Crippen LogP contribution is 2.26. The molecule has 20 heavy (non-hydrogen) atoms. The lowest BCUT2D eigenvalue weighted by Gasteiger charge is -2.19. The van der Waals surface area contributed by atoms with Crippen molar-refractivity contribution in [1.29, 1.82) is 0 Å². The van der Waals surface area contributed by atoms with Crippen LogP contribution in [0.2, 0.25) is 0 Å². The Kier molecular flexibility index (Phi) is 15.0. The van der Waals surface area contributed by atoms with Crippen molar-refractivity contribution in [1.82, 2.24) is 0 Å². The maximum absolute atomic E-state index is 11.7. The van der Waals surface area contributed by atoms with Crippen LogP contribution in [0.5, 0.6) is 0 Å². The van der Waals surface area contributed by atoms with E-state index in [1.165, 1.54) is 32.1 Å². The zero-order valence-electron chi connectivity index (χ0n) is 13.2. The summed E-state index contributed by atoms with van der Waals surface area (Å²) in [6, 6.07) is 0. The quantitative estimate of drug-likeness (QED) is 0.819. The number of allylic oxidation sites excluding steroid dienone is 1. The van der Waals surface area contributed by atoms with Crippen molar-refractivity contribution in [2.24, 2.45) is 11.7 Å². The van der Waals surface area contributed by atoms with E-state index in [9.17, 15) is 14.0 Å². The Balaban J connectivity index is 0. The summed E-state index contributed by atoms with van der Waals surface area (Å²) < 4.78 is 11.7. The van der Waals surface area contributed by atoms with Crippen molar-refractivity contribution >= 4 is 11.7 Å². The van der Waals surface area contributed by atoms with Gasteiger partial charge in [0.25, 0.3) is 0 Å². The SMILES string of the molecule is C=C(F)CCC(N)=O.CC.CC(=O)CC1CCCCC1. The monoisotopic (exact) mass is 287 g/mol. The van der Waals surface area contributed by atoms with Crippen molar-refractivity contribution in [3.63, 3.8) is 0 Å². The van der Waals surface area contributed by atoms with E-state index in [4.69, 9.17) is 5.73 Å². The summed E-state index contributed by atoms with van der Waals surface area (Å²) in [7, 11) is 0. The molecule has 0 radical (unpaired) electrons. The van der Waals surface area contributed by atoms with Gasteiger partial charge in [-0.3, -0.25) is 4.79 Å². The smallest absolute Gasteiger partial charge is 0.217 e. The summed E-state index contributed by atoms with van der Waals surface area (Å²) in [5.74, 6) is 0.103. The number of rotatable bonds is 5. The topological polar surface area (TPSA) is 60.2 Å². The molecule has 0 saturated heterocycles. The highest BCUT2D eigenvalue weighted by molar-refractivity contribution is 5.75. The van der Waals surface area contributed by atoms with E-state index in [1.54, 1.807) is 6.92 Å². The van der Waals surface area contributed by atoms with Crippen LogP contribution in [0, 0.1) is 5.92 Å². The lowest BCUT2D eigenvalue weighted by molar-refractivity contribution is -0.118.